The molecular weight excluding hydrogens is 1020 g/mol. The molecule has 0 aromatic rings. The van der Waals surface area contributed by atoms with Crippen molar-refractivity contribution in [2.45, 2.75) is 469 Å². The van der Waals surface area contributed by atoms with E-state index in [1.165, 1.54) is 385 Å². The van der Waals surface area contributed by atoms with Crippen molar-refractivity contribution >= 4 is 11.9 Å². The second-order valence-corrected chi connectivity index (χ2v) is 27.1. The van der Waals surface area contributed by atoms with E-state index in [0.717, 1.165) is 38.5 Å². The van der Waals surface area contributed by atoms with Crippen molar-refractivity contribution in [2.75, 3.05) is 13.2 Å². The van der Waals surface area contributed by atoms with Crippen molar-refractivity contribution in [3.05, 3.63) is 0 Å². The highest BCUT2D eigenvalue weighted by Crippen LogP contribution is 2.20. The fourth-order valence-corrected chi connectivity index (χ4v) is 12.8. The van der Waals surface area contributed by atoms with Crippen molar-refractivity contribution in [1.29, 1.82) is 0 Å². The number of carbonyl (C=O) groups is 2. The molecule has 0 saturated carbocycles. The van der Waals surface area contributed by atoms with Crippen LogP contribution in [0.2, 0.25) is 0 Å². The van der Waals surface area contributed by atoms with Crippen molar-refractivity contribution in [3.63, 3.8) is 0 Å². The molecule has 0 aliphatic rings. The molecule has 0 heterocycles. The summed E-state index contributed by atoms with van der Waals surface area (Å²) >= 11 is 0. The van der Waals surface area contributed by atoms with Crippen LogP contribution in [0.25, 0.3) is 0 Å². The fraction of sp³-hybridized carbons (Fsp3) is 0.974. The molecule has 6 heteroatoms. The Balaban J connectivity index is 3.31. The summed E-state index contributed by atoms with van der Waals surface area (Å²) in [5, 5.41) is 23.4. The average molecular weight is 1170 g/mol. The number of unbranched alkanes of at least 4 members (excludes halogenated alkanes) is 63. The summed E-state index contributed by atoms with van der Waals surface area (Å²) in [6.45, 7) is 5.02. The number of nitrogens with one attached hydrogen (secondary N) is 1. The highest BCUT2D eigenvalue weighted by molar-refractivity contribution is 5.76. The first-order valence-corrected chi connectivity index (χ1v) is 38.8. The number of aliphatic hydroxyl groups excluding tert-OH is 2. The number of rotatable bonds is 74. The predicted molar refractivity (Wildman–Crippen MR) is 366 cm³/mol. The van der Waals surface area contributed by atoms with Crippen LogP contribution in [0.1, 0.15) is 457 Å². The molecule has 1 amide bonds. The third-order valence-corrected chi connectivity index (χ3v) is 18.7. The normalized spacial score (nSPS) is 12.4. The minimum absolute atomic E-state index is 0.0255. The highest BCUT2D eigenvalue weighted by Gasteiger charge is 2.20. The molecule has 0 bridgehead atoms. The number of hydrogen-bond donors (Lipinski definition) is 3. The van der Waals surface area contributed by atoms with Crippen LogP contribution in [0.15, 0.2) is 0 Å². The van der Waals surface area contributed by atoms with E-state index in [4.69, 9.17) is 4.74 Å². The number of aliphatic hydroxyl groups is 2. The van der Waals surface area contributed by atoms with Crippen LogP contribution in [-0.4, -0.2) is 47.4 Å². The van der Waals surface area contributed by atoms with Gasteiger partial charge in [0.25, 0.3) is 0 Å². The number of carbonyl (C=O) groups excluding carboxylic acids is 2. The molecule has 0 fully saturated rings. The van der Waals surface area contributed by atoms with Crippen LogP contribution >= 0.6 is 0 Å². The third-order valence-electron chi connectivity index (χ3n) is 18.7. The average Bonchev–Trinajstić information content (AvgIpc) is 3.49. The van der Waals surface area contributed by atoms with Crippen molar-refractivity contribution < 1.29 is 24.5 Å². The molecule has 0 aliphatic heterocycles. The Kier molecular flexibility index (Phi) is 72.3. The summed E-state index contributed by atoms with van der Waals surface area (Å²) in [4.78, 5) is 24.7. The molecule has 0 spiro atoms. The van der Waals surface area contributed by atoms with Gasteiger partial charge in [-0.15, -0.1) is 0 Å². The van der Waals surface area contributed by atoms with Gasteiger partial charge >= 0.3 is 5.97 Å². The maximum atomic E-state index is 12.5. The molecule has 0 rings (SSSR count). The van der Waals surface area contributed by atoms with Crippen LogP contribution in [0, 0.1) is 0 Å². The number of esters is 1. The molecule has 3 N–H and O–H groups in total. The van der Waals surface area contributed by atoms with Gasteiger partial charge in [0, 0.05) is 12.8 Å². The Morgan fingerprint density at radius 1 is 0.289 bits per heavy atom. The third kappa shape index (κ3) is 69.8. The van der Waals surface area contributed by atoms with E-state index in [2.05, 4.69) is 19.2 Å². The maximum Gasteiger partial charge on any atom is 0.305 e. The minimum Gasteiger partial charge on any atom is -0.466 e. The van der Waals surface area contributed by atoms with Gasteiger partial charge in [-0.05, 0) is 25.7 Å². The van der Waals surface area contributed by atoms with Crippen molar-refractivity contribution in [3.8, 4) is 0 Å². The molecule has 0 aromatic heterocycles. The molecule has 0 aliphatic carbocycles. The number of amides is 1. The van der Waals surface area contributed by atoms with E-state index >= 15 is 0 Å². The summed E-state index contributed by atoms with van der Waals surface area (Å²) in [6, 6.07) is -0.538. The summed E-state index contributed by atoms with van der Waals surface area (Å²) in [6.07, 6.45) is 90.4. The standard InChI is InChI=1S/C77H153NO5/c1-3-5-7-9-11-13-15-17-19-21-34-38-41-45-49-53-57-61-65-69-75(80)74(73-79)78-76(81)70-66-62-58-54-50-46-42-39-35-32-30-28-26-24-22-23-25-27-29-31-33-36-40-44-48-52-56-60-64-68-72-83-77(82)71-67-63-59-55-51-47-43-37-20-18-16-14-12-10-8-6-4-2/h74-75,79-80H,3-73H2,1-2H3,(H,78,81). The molecule has 83 heavy (non-hydrogen) atoms. The molecule has 496 valence electrons. The lowest BCUT2D eigenvalue weighted by atomic mass is 10.0. The van der Waals surface area contributed by atoms with Gasteiger partial charge in [-0.3, -0.25) is 9.59 Å². The Morgan fingerprint density at radius 3 is 0.735 bits per heavy atom. The Bertz CT molecular complexity index is 1210. The molecule has 0 radical (unpaired) electrons. The zero-order valence-corrected chi connectivity index (χ0v) is 57.0. The van der Waals surface area contributed by atoms with Gasteiger partial charge in [-0.1, -0.05) is 418 Å². The van der Waals surface area contributed by atoms with Crippen molar-refractivity contribution in [1.82, 2.24) is 5.32 Å². The lowest BCUT2D eigenvalue weighted by Gasteiger charge is -2.22. The lowest BCUT2D eigenvalue weighted by molar-refractivity contribution is -0.143. The fourth-order valence-electron chi connectivity index (χ4n) is 12.8. The largest absolute Gasteiger partial charge is 0.466 e. The zero-order valence-electron chi connectivity index (χ0n) is 57.0. The van der Waals surface area contributed by atoms with E-state index in [0.29, 0.717) is 25.9 Å². The predicted octanol–water partition coefficient (Wildman–Crippen LogP) is 25.3. The maximum absolute atomic E-state index is 12.5. The smallest absolute Gasteiger partial charge is 0.305 e. The van der Waals surface area contributed by atoms with Gasteiger partial charge in [0.05, 0.1) is 25.4 Å². The molecular formula is C77H153NO5. The quantitative estimate of drug-likeness (QED) is 0.0417. The van der Waals surface area contributed by atoms with Crippen LogP contribution in [0.5, 0.6) is 0 Å². The highest BCUT2D eigenvalue weighted by atomic mass is 16.5. The topological polar surface area (TPSA) is 95.9 Å². The molecule has 2 unspecified atom stereocenters. The Labute approximate surface area is 521 Å². The number of ether oxygens (including phenoxy) is 1. The minimum atomic E-state index is -0.661. The first kappa shape index (κ1) is 81.9. The van der Waals surface area contributed by atoms with E-state index in [9.17, 15) is 19.8 Å². The zero-order chi connectivity index (χ0) is 59.9. The second kappa shape index (κ2) is 73.3. The summed E-state index contributed by atoms with van der Waals surface area (Å²) in [5.41, 5.74) is 0. The number of hydrogen-bond acceptors (Lipinski definition) is 5. The second-order valence-electron chi connectivity index (χ2n) is 27.1. The van der Waals surface area contributed by atoms with Gasteiger partial charge in [-0.25, -0.2) is 0 Å². The van der Waals surface area contributed by atoms with Crippen LogP contribution < -0.4 is 5.32 Å². The lowest BCUT2D eigenvalue weighted by Crippen LogP contribution is -2.45. The SMILES string of the molecule is CCCCCCCCCCCCCCCCCCCCCC(O)C(CO)NC(=O)CCCCCCCCCCCCCCCCCCCCCCCCCCCCCCCCOC(=O)CCCCCCCCCCCCCCCCCCC. The van der Waals surface area contributed by atoms with Gasteiger partial charge in [0.1, 0.15) is 0 Å². The Hall–Kier alpha value is -1.14. The molecule has 6 nitrogen and oxygen atoms in total. The Morgan fingerprint density at radius 2 is 0.494 bits per heavy atom. The summed E-state index contributed by atoms with van der Waals surface area (Å²) < 4.78 is 5.52. The molecule has 0 saturated heterocycles. The van der Waals surface area contributed by atoms with Gasteiger partial charge in [-0.2, -0.15) is 0 Å². The summed E-state index contributed by atoms with van der Waals surface area (Å²) in [5.74, 6) is 0.0000704. The van der Waals surface area contributed by atoms with Gasteiger partial charge in [0.15, 0.2) is 0 Å². The summed E-state index contributed by atoms with van der Waals surface area (Å²) in [7, 11) is 0. The van der Waals surface area contributed by atoms with Crippen molar-refractivity contribution in [2.24, 2.45) is 0 Å². The first-order chi connectivity index (χ1) is 41.0. The first-order valence-electron chi connectivity index (χ1n) is 38.8. The molecule has 2 atom stereocenters. The van der Waals surface area contributed by atoms with Crippen LogP contribution in [0.3, 0.4) is 0 Å². The van der Waals surface area contributed by atoms with Gasteiger partial charge < -0.3 is 20.3 Å². The van der Waals surface area contributed by atoms with E-state index in [-0.39, 0.29) is 18.5 Å². The monoisotopic (exact) mass is 1170 g/mol. The van der Waals surface area contributed by atoms with Crippen LogP contribution in [0.4, 0.5) is 0 Å². The van der Waals surface area contributed by atoms with Crippen LogP contribution in [-0.2, 0) is 14.3 Å². The van der Waals surface area contributed by atoms with Gasteiger partial charge in [0.2, 0.25) is 5.91 Å². The van der Waals surface area contributed by atoms with E-state index in [1.54, 1.807) is 0 Å². The van der Waals surface area contributed by atoms with E-state index in [1.807, 2.05) is 0 Å². The van der Waals surface area contributed by atoms with E-state index < -0.39 is 12.1 Å². The molecule has 0 aromatic carbocycles.